The van der Waals surface area contributed by atoms with Gasteiger partial charge in [0.2, 0.25) is 0 Å². The summed E-state index contributed by atoms with van der Waals surface area (Å²) >= 11 is 1.46. The molecule has 0 saturated carbocycles. The molecule has 0 bridgehead atoms. The SMILES string of the molecule is CCCN(CC(=O)O)C(=O)c1cnc2n(c1=O)CCS2. The average molecular weight is 297 g/mol. The number of thioether (sulfide) groups is 1. The fraction of sp³-hybridized carbons (Fsp3) is 0.500. The van der Waals surface area contributed by atoms with Crippen LogP contribution in [-0.2, 0) is 11.3 Å². The summed E-state index contributed by atoms with van der Waals surface area (Å²) in [4.78, 5) is 40.6. The van der Waals surface area contributed by atoms with Crippen LogP contribution in [0.5, 0.6) is 0 Å². The summed E-state index contributed by atoms with van der Waals surface area (Å²) in [7, 11) is 0. The van der Waals surface area contributed by atoms with E-state index in [1.165, 1.54) is 22.5 Å². The van der Waals surface area contributed by atoms with Crippen molar-refractivity contribution in [2.24, 2.45) is 0 Å². The van der Waals surface area contributed by atoms with E-state index < -0.39 is 24.0 Å². The zero-order valence-corrected chi connectivity index (χ0v) is 11.9. The summed E-state index contributed by atoms with van der Waals surface area (Å²) < 4.78 is 1.46. The Balaban J connectivity index is 2.32. The molecule has 2 rings (SSSR count). The Morgan fingerprint density at radius 2 is 2.30 bits per heavy atom. The molecule has 1 N–H and O–H groups in total. The molecule has 1 aliphatic heterocycles. The van der Waals surface area contributed by atoms with Crippen LogP contribution in [0.3, 0.4) is 0 Å². The van der Waals surface area contributed by atoms with Crippen LogP contribution in [-0.4, -0.2) is 50.3 Å². The van der Waals surface area contributed by atoms with Crippen molar-refractivity contribution in [3.05, 3.63) is 22.1 Å². The Hall–Kier alpha value is -1.83. The summed E-state index contributed by atoms with van der Waals surface area (Å²) in [6, 6.07) is 0. The van der Waals surface area contributed by atoms with Gasteiger partial charge in [-0.1, -0.05) is 18.7 Å². The predicted octanol–water partition coefficient (Wildman–Crippen LogP) is 0.286. The average Bonchev–Trinajstić information content (AvgIpc) is 2.87. The van der Waals surface area contributed by atoms with E-state index in [0.717, 1.165) is 10.7 Å². The fourth-order valence-electron chi connectivity index (χ4n) is 2.02. The predicted molar refractivity (Wildman–Crippen MR) is 73.1 cm³/mol. The quantitative estimate of drug-likeness (QED) is 0.785. The Kier molecular flexibility index (Phi) is 4.43. The van der Waals surface area contributed by atoms with Gasteiger partial charge in [-0.2, -0.15) is 0 Å². The smallest absolute Gasteiger partial charge is 0.323 e. The summed E-state index contributed by atoms with van der Waals surface area (Å²) in [5.41, 5.74) is -0.456. The molecule has 0 aromatic carbocycles. The van der Waals surface area contributed by atoms with Gasteiger partial charge >= 0.3 is 5.97 Å². The maximum Gasteiger partial charge on any atom is 0.323 e. The molecule has 7 nitrogen and oxygen atoms in total. The highest BCUT2D eigenvalue weighted by atomic mass is 32.2. The largest absolute Gasteiger partial charge is 0.480 e. The van der Waals surface area contributed by atoms with Crippen LogP contribution in [0.1, 0.15) is 23.7 Å². The molecular formula is C12H15N3O4S. The Labute approximate surface area is 119 Å². The van der Waals surface area contributed by atoms with E-state index >= 15 is 0 Å². The van der Waals surface area contributed by atoms with Gasteiger partial charge in [-0.05, 0) is 6.42 Å². The summed E-state index contributed by atoms with van der Waals surface area (Å²) in [5.74, 6) is -0.913. The number of rotatable bonds is 5. The number of nitrogens with zero attached hydrogens (tertiary/aromatic N) is 3. The van der Waals surface area contributed by atoms with E-state index in [1.54, 1.807) is 0 Å². The monoisotopic (exact) mass is 297 g/mol. The maximum absolute atomic E-state index is 12.3. The number of carbonyl (C=O) groups excluding carboxylic acids is 1. The number of aliphatic carboxylic acids is 1. The number of aromatic nitrogens is 2. The van der Waals surface area contributed by atoms with Gasteiger partial charge in [-0.15, -0.1) is 0 Å². The third kappa shape index (κ3) is 2.84. The first-order chi connectivity index (χ1) is 9.54. The first-order valence-corrected chi connectivity index (χ1v) is 7.27. The Bertz CT molecular complexity index is 599. The van der Waals surface area contributed by atoms with Gasteiger partial charge in [0.15, 0.2) is 5.16 Å². The summed E-state index contributed by atoms with van der Waals surface area (Å²) in [6.07, 6.45) is 1.87. The number of carboxylic acids is 1. The number of hydrogen-bond donors (Lipinski definition) is 1. The van der Waals surface area contributed by atoms with E-state index in [4.69, 9.17) is 5.11 Å². The van der Waals surface area contributed by atoms with Crippen molar-refractivity contribution in [2.75, 3.05) is 18.8 Å². The van der Waals surface area contributed by atoms with Crippen molar-refractivity contribution in [1.29, 1.82) is 0 Å². The molecule has 0 aliphatic carbocycles. The molecule has 8 heteroatoms. The minimum absolute atomic E-state index is 0.0639. The highest BCUT2D eigenvalue weighted by Crippen LogP contribution is 2.20. The highest BCUT2D eigenvalue weighted by molar-refractivity contribution is 7.99. The molecule has 0 unspecified atom stereocenters. The van der Waals surface area contributed by atoms with Gasteiger partial charge in [-0.3, -0.25) is 19.0 Å². The second-order valence-corrected chi connectivity index (χ2v) is 5.44. The van der Waals surface area contributed by atoms with Gasteiger partial charge < -0.3 is 10.0 Å². The second-order valence-electron chi connectivity index (χ2n) is 4.38. The normalized spacial score (nSPS) is 13.1. The van der Waals surface area contributed by atoms with E-state index in [0.29, 0.717) is 24.7 Å². The van der Waals surface area contributed by atoms with Crippen LogP contribution < -0.4 is 5.56 Å². The van der Waals surface area contributed by atoms with E-state index in [9.17, 15) is 14.4 Å². The van der Waals surface area contributed by atoms with Crippen LogP contribution in [0.15, 0.2) is 16.1 Å². The minimum atomic E-state index is -1.10. The van der Waals surface area contributed by atoms with E-state index in [1.807, 2.05) is 6.92 Å². The van der Waals surface area contributed by atoms with Crippen molar-refractivity contribution in [3.8, 4) is 0 Å². The van der Waals surface area contributed by atoms with Crippen molar-refractivity contribution in [3.63, 3.8) is 0 Å². The molecule has 0 spiro atoms. The van der Waals surface area contributed by atoms with Crippen molar-refractivity contribution in [2.45, 2.75) is 25.0 Å². The first-order valence-electron chi connectivity index (χ1n) is 6.28. The first kappa shape index (κ1) is 14.6. The van der Waals surface area contributed by atoms with Gasteiger partial charge in [-0.25, -0.2) is 4.98 Å². The second kappa shape index (κ2) is 6.08. The molecule has 0 atom stereocenters. The maximum atomic E-state index is 12.3. The fourth-order valence-corrected chi connectivity index (χ4v) is 2.93. The Morgan fingerprint density at radius 3 is 2.95 bits per heavy atom. The number of carbonyl (C=O) groups is 2. The molecule has 1 amide bonds. The minimum Gasteiger partial charge on any atom is -0.480 e. The summed E-state index contributed by atoms with van der Waals surface area (Å²) in [5, 5.41) is 9.44. The van der Waals surface area contributed by atoms with Crippen molar-refractivity contribution in [1.82, 2.24) is 14.5 Å². The Morgan fingerprint density at radius 1 is 1.55 bits per heavy atom. The van der Waals surface area contributed by atoms with Gasteiger partial charge in [0.1, 0.15) is 12.1 Å². The van der Waals surface area contributed by atoms with Gasteiger partial charge in [0, 0.05) is 25.0 Å². The van der Waals surface area contributed by atoms with Crippen LogP contribution in [0.25, 0.3) is 0 Å². The van der Waals surface area contributed by atoms with Crippen LogP contribution in [0, 0.1) is 0 Å². The topological polar surface area (TPSA) is 92.5 Å². The molecule has 1 aromatic heterocycles. The number of carboxylic acid groups (broad SMARTS) is 1. The zero-order chi connectivity index (χ0) is 14.7. The zero-order valence-electron chi connectivity index (χ0n) is 11.0. The van der Waals surface area contributed by atoms with Crippen LogP contribution in [0.4, 0.5) is 0 Å². The molecule has 0 fully saturated rings. The van der Waals surface area contributed by atoms with Gasteiger partial charge in [0.05, 0.1) is 0 Å². The van der Waals surface area contributed by atoms with Crippen molar-refractivity contribution < 1.29 is 14.7 Å². The number of hydrogen-bond acceptors (Lipinski definition) is 5. The molecule has 1 aromatic rings. The highest BCUT2D eigenvalue weighted by Gasteiger charge is 2.24. The molecule has 108 valence electrons. The molecular weight excluding hydrogens is 282 g/mol. The standard InChI is InChI=1S/C12H15N3O4S/c1-2-3-14(7-9(16)17)10(18)8-6-13-12-15(11(8)19)4-5-20-12/h6H,2-5,7H2,1H3,(H,16,17). The lowest BCUT2D eigenvalue weighted by atomic mass is 10.2. The molecule has 0 radical (unpaired) electrons. The van der Waals surface area contributed by atoms with E-state index in [2.05, 4.69) is 4.98 Å². The molecule has 2 heterocycles. The van der Waals surface area contributed by atoms with Crippen molar-refractivity contribution >= 4 is 23.6 Å². The third-order valence-electron chi connectivity index (χ3n) is 2.89. The molecule has 0 saturated heterocycles. The van der Waals surface area contributed by atoms with E-state index in [-0.39, 0.29) is 5.56 Å². The lowest BCUT2D eigenvalue weighted by molar-refractivity contribution is -0.137. The molecule has 1 aliphatic rings. The molecule has 20 heavy (non-hydrogen) atoms. The third-order valence-corrected chi connectivity index (χ3v) is 3.86. The lowest BCUT2D eigenvalue weighted by Gasteiger charge is -2.19. The summed E-state index contributed by atoms with van der Waals surface area (Å²) in [6.45, 7) is 2.25. The lowest BCUT2D eigenvalue weighted by Crippen LogP contribution is -2.40. The van der Waals surface area contributed by atoms with Crippen LogP contribution >= 0.6 is 11.8 Å². The number of fused-ring (bicyclic) bond motifs is 1. The number of amides is 1. The van der Waals surface area contributed by atoms with Crippen LogP contribution in [0.2, 0.25) is 0 Å². The van der Waals surface area contributed by atoms with Gasteiger partial charge in [0.25, 0.3) is 11.5 Å².